The van der Waals surface area contributed by atoms with Crippen LogP contribution in [0.3, 0.4) is 0 Å². The molecule has 13 rings (SSSR count). The fourth-order valence-corrected chi connectivity index (χ4v) is 11.7. The second-order valence-electron chi connectivity index (χ2n) is 17.6. The molecule has 0 unspecified atom stereocenters. The molecule has 1 spiro atoms. The lowest BCUT2D eigenvalue weighted by Gasteiger charge is -2.34. The van der Waals surface area contributed by atoms with E-state index in [1.54, 1.807) is 0 Å². The van der Waals surface area contributed by atoms with Crippen LogP contribution in [0.25, 0.3) is 72.0 Å². The van der Waals surface area contributed by atoms with Gasteiger partial charge in [-0.1, -0.05) is 188 Å². The van der Waals surface area contributed by atoms with E-state index in [0.717, 1.165) is 22.7 Å². The Morgan fingerprint density at radius 2 is 0.800 bits per heavy atom. The van der Waals surface area contributed by atoms with Crippen LogP contribution in [0.5, 0.6) is 0 Å². The van der Waals surface area contributed by atoms with Crippen LogP contribution in [0.15, 0.2) is 231 Å². The lowest BCUT2D eigenvalue weighted by molar-refractivity contribution is 0.794. The van der Waals surface area contributed by atoms with Crippen LogP contribution in [0.1, 0.15) is 33.4 Å². The molecule has 0 bridgehead atoms. The number of benzene rings is 10. The van der Waals surface area contributed by atoms with Gasteiger partial charge in [-0.2, -0.15) is 0 Å². The maximum Gasteiger partial charge on any atom is 0.0726 e. The number of aromatic nitrogens is 1. The van der Waals surface area contributed by atoms with E-state index in [0.29, 0.717) is 0 Å². The topological polar surface area (TPSA) is 8.17 Å². The van der Waals surface area contributed by atoms with Crippen LogP contribution in [-0.2, 0) is 5.41 Å². The second kappa shape index (κ2) is 14.4. The van der Waals surface area contributed by atoms with Crippen LogP contribution in [0.2, 0.25) is 0 Å². The van der Waals surface area contributed by atoms with E-state index >= 15 is 0 Å². The minimum absolute atomic E-state index is 0.476. The predicted molar refractivity (Wildman–Crippen MR) is 272 cm³/mol. The van der Waals surface area contributed by atoms with Gasteiger partial charge in [0, 0.05) is 33.2 Å². The van der Waals surface area contributed by atoms with Gasteiger partial charge in [0.05, 0.1) is 33.5 Å². The van der Waals surface area contributed by atoms with Crippen molar-refractivity contribution in [3.05, 3.63) is 264 Å². The first-order valence-corrected chi connectivity index (χ1v) is 22.7. The molecule has 1 heterocycles. The van der Waals surface area contributed by atoms with Crippen LogP contribution in [0.4, 0.5) is 17.1 Å². The summed E-state index contributed by atoms with van der Waals surface area (Å²) in [5.74, 6) is 0. The average Bonchev–Trinajstić information content (AvgIpc) is 3.97. The maximum atomic E-state index is 2.60. The lowest BCUT2D eigenvalue weighted by Crippen LogP contribution is -2.26. The molecule has 0 N–H and O–H groups in total. The van der Waals surface area contributed by atoms with Crippen molar-refractivity contribution in [2.75, 3.05) is 4.90 Å². The molecule has 2 heteroatoms. The quantitative estimate of drug-likeness (QED) is 0.162. The molecule has 0 saturated carbocycles. The zero-order valence-electron chi connectivity index (χ0n) is 36.3. The Kier molecular flexibility index (Phi) is 8.29. The number of anilines is 3. The van der Waals surface area contributed by atoms with Gasteiger partial charge in [0.15, 0.2) is 0 Å². The summed E-state index contributed by atoms with van der Waals surface area (Å²) in [6.45, 7) is 4.50. The third kappa shape index (κ3) is 5.23. The van der Waals surface area contributed by atoms with Crippen molar-refractivity contribution in [1.29, 1.82) is 0 Å². The number of hydrogen-bond donors (Lipinski definition) is 0. The van der Waals surface area contributed by atoms with Gasteiger partial charge in [-0.15, -0.1) is 0 Å². The molecule has 2 nitrogen and oxygen atoms in total. The summed E-state index contributed by atoms with van der Waals surface area (Å²) in [5.41, 5.74) is 24.2. The van der Waals surface area contributed by atoms with Gasteiger partial charge in [0.2, 0.25) is 0 Å². The van der Waals surface area contributed by atoms with Crippen LogP contribution in [0, 0.1) is 13.8 Å². The summed E-state index contributed by atoms with van der Waals surface area (Å²) in [4.78, 5) is 2.60. The Morgan fingerprint density at radius 1 is 0.323 bits per heavy atom. The zero-order chi connectivity index (χ0) is 43.2. The number of aryl methyl sites for hydroxylation is 2. The fraction of sp³-hybridized carbons (Fsp3) is 0.0476. The fourth-order valence-electron chi connectivity index (χ4n) is 11.7. The Labute approximate surface area is 380 Å². The van der Waals surface area contributed by atoms with E-state index in [9.17, 15) is 0 Å². The van der Waals surface area contributed by atoms with Crippen molar-refractivity contribution in [2.24, 2.45) is 0 Å². The van der Waals surface area contributed by atoms with Crippen molar-refractivity contribution in [1.82, 2.24) is 4.57 Å². The van der Waals surface area contributed by atoms with Crippen molar-refractivity contribution in [2.45, 2.75) is 19.3 Å². The van der Waals surface area contributed by atoms with Gasteiger partial charge in [0.1, 0.15) is 0 Å². The van der Waals surface area contributed by atoms with E-state index in [1.807, 2.05) is 0 Å². The van der Waals surface area contributed by atoms with Gasteiger partial charge >= 0.3 is 0 Å². The molecule has 0 radical (unpaired) electrons. The van der Waals surface area contributed by atoms with Crippen molar-refractivity contribution in [3.8, 4) is 50.2 Å². The molecule has 2 aliphatic carbocycles. The first-order chi connectivity index (χ1) is 32.1. The number of rotatable bonds is 6. The molecule has 11 aromatic rings. The Morgan fingerprint density at radius 3 is 1.54 bits per heavy atom. The third-order valence-electron chi connectivity index (χ3n) is 14.3. The summed E-state index contributed by atoms with van der Waals surface area (Å²) >= 11 is 0. The monoisotopic (exact) mass is 828 g/mol. The molecule has 0 saturated heterocycles. The molecular weight excluding hydrogens is 785 g/mol. The second-order valence-corrected chi connectivity index (χ2v) is 17.6. The van der Waals surface area contributed by atoms with Crippen LogP contribution >= 0.6 is 0 Å². The Balaban J connectivity index is 1.15. The number of fused-ring (bicyclic) bond motifs is 13. The molecule has 10 aromatic carbocycles. The van der Waals surface area contributed by atoms with Gasteiger partial charge in [0.25, 0.3) is 0 Å². The number of hydrogen-bond acceptors (Lipinski definition) is 1. The summed E-state index contributed by atoms with van der Waals surface area (Å²) in [6.07, 6.45) is 0. The zero-order valence-corrected chi connectivity index (χ0v) is 36.3. The Hall–Kier alpha value is -8.20. The minimum atomic E-state index is -0.476. The van der Waals surface area contributed by atoms with E-state index in [-0.39, 0.29) is 0 Å². The van der Waals surface area contributed by atoms with Gasteiger partial charge in [-0.25, -0.2) is 0 Å². The summed E-state index contributed by atoms with van der Waals surface area (Å²) < 4.78 is 2.42. The summed E-state index contributed by atoms with van der Waals surface area (Å²) in [7, 11) is 0. The number of nitrogens with zero attached hydrogens (tertiary/aromatic N) is 2. The smallest absolute Gasteiger partial charge is 0.0726 e. The van der Waals surface area contributed by atoms with E-state index < -0.39 is 5.41 Å². The molecule has 65 heavy (non-hydrogen) atoms. The van der Waals surface area contributed by atoms with Gasteiger partial charge in [-0.05, 0) is 118 Å². The largest absolute Gasteiger partial charge is 0.309 e. The SMILES string of the molecule is Cc1ccccc1-c1c(C)cccc1N(c1ccccc1-c1cccc2c1c1ccccc1n2-c1ccccc1)c1cccc2c1-c1ccccc1C21c2ccccc2-c2ccccc21. The average molecular weight is 829 g/mol. The summed E-state index contributed by atoms with van der Waals surface area (Å²) in [6, 6.07) is 85.7. The van der Waals surface area contributed by atoms with Crippen LogP contribution in [-0.4, -0.2) is 4.57 Å². The first-order valence-electron chi connectivity index (χ1n) is 22.7. The van der Waals surface area contributed by atoms with Crippen molar-refractivity contribution < 1.29 is 0 Å². The summed E-state index contributed by atoms with van der Waals surface area (Å²) in [5, 5.41) is 2.47. The van der Waals surface area contributed by atoms with E-state index in [1.165, 1.54) is 99.7 Å². The highest BCUT2D eigenvalue weighted by Gasteiger charge is 2.52. The molecule has 1 aromatic heterocycles. The third-order valence-corrected chi connectivity index (χ3v) is 14.3. The minimum Gasteiger partial charge on any atom is -0.309 e. The maximum absolute atomic E-state index is 2.60. The molecule has 0 amide bonds. The molecule has 306 valence electrons. The van der Waals surface area contributed by atoms with Crippen molar-refractivity contribution >= 4 is 38.9 Å². The van der Waals surface area contributed by atoms with E-state index in [2.05, 4.69) is 254 Å². The van der Waals surface area contributed by atoms with Gasteiger partial charge in [-0.3, -0.25) is 0 Å². The highest BCUT2D eigenvalue weighted by Crippen LogP contribution is 2.65. The highest BCUT2D eigenvalue weighted by molar-refractivity contribution is 6.17. The molecule has 0 atom stereocenters. The van der Waals surface area contributed by atoms with Crippen molar-refractivity contribution in [3.63, 3.8) is 0 Å². The number of para-hydroxylation sites is 3. The van der Waals surface area contributed by atoms with E-state index in [4.69, 9.17) is 0 Å². The lowest BCUT2D eigenvalue weighted by atomic mass is 9.70. The predicted octanol–water partition coefficient (Wildman–Crippen LogP) is 16.5. The highest BCUT2D eigenvalue weighted by atomic mass is 15.2. The Bertz CT molecular complexity index is 3660. The molecular formula is C63H44N2. The van der Waals surface area contributed by atoms with Gasteiger partial charge < -0.3 is 9.47 Å². The molecule has 2 aliphatic rings. The first kappa shape index (κ1) is 37.4. The molecule has 0 aliphatic heterocycles. The standard InChI is InChI=1S/C63H44N2/c1-41-21-6-7-25-44(41)60-42(2)22-18-38-57(60)65(55-36-16-11-28-47(55)48-31-19-39-58-61(48)50-30-12-17-37-56(50)64(58)43-23-4-3-5-24-43)59-40-20-35-54-62(59)49-29-10-15-34-53(49)63(54)51-32-13-8-26-45(51)46-27-9-14-33-52(46)63/h3-40H,1-2H3. The molecule has 0 fully saturated rings. The van der Waals surface area contributed by atoms with Crippen LogP contribution < -0.4 is 4.90 Å². The normalized spacial score (nSPS) is 12.9.